The number of hydrogen-bond donors (Lipinski definition) is 2. The molecule has 0 spiro atoms. The molecule has 42 heavy (non-hydrogen) atoms. The van der Waals surface area contributed by atoms with Gasteiger partial charge in [-0.2, -0.15) is 0 Å². The van der Waals surface area contributed by atoms with Crippen molar-refractivity contribution in [1.29, 1.82) is 0 Å². The fourth-order valence-electron chi connectivity index (χ4n) is 5.53. The van der Waals surface area contributed by atoms with Crippen molar-refractivity contribution in [3.63, 3.8) is 0 Å². The predicted molar refractivity (Wildman–Crippen MR) is 162 cm³/mol. The van der Waals surface area contributed by atoms with E-state index in [2.05, 4.69) is 33.6 Å². The summed E-state index contributed by atoms with van der Waals surface area (Å²) in [6, 6.07) is 13.2. The fraction of sp³-hybridized carbons (Fsp3) is 0.406. The Bertz CT molecular complexity index is 1490. The third-order valence-corrected chi connectivity index (χ3v) is 8.41. The van der Waals surface area contributed by atoms with E-state index in [9.17, 15) is 9.90 Å². The van der Waals surface area contributed by atoms with Gasteiger partial charge in [0.25, 0.3) is 0 Å². The van der Waals surface area contributed by atoms with Crippen LogP contribution in [0.1, 0.15) is 37.5 Å². The molecule has 3 N–H and O–H groups in total. The molecule has 5 rings (SSSR count). The Morgan fingerprint density at radius 2 is 1.79 bits per heavy atom. The van der Waals surface area contributed by atoms with Crippen molar-refractivity contribution >= 4 is 17.5 Å². The van der Waals surface area contributed by atoms with Crippen LogP contribution in [-0.2, 0) is 16.8 Å². The number of piperazine rings is 1. The number of hydrogen-bond acceptors (Lipinski definition) is 8. The van der Waals surface area contributed by atoms with Crippen LogP contribution in [0.4, 0.5) is 0 Å². The molecule has 2 atom stereocenters. The Morgan fingerprint density at radius 3 is 2.48 bits per heavy atom. The van der Waals surface area contributed by atoms with Crippen LogP contribution in [0.2, 0.25) is 5.02 Å². The molecular formula is C32H38ClN5O4. The third kappa shape index (κ3) is 6.93. The summed E-state index contributed by atoms with van der Waals surface area (Å²) >= 11 is 6.02. The average Bonchev–Trinajstić information content (AvgIpc) is 3.65. The van der Waals surface area contributed by atoms with Crippen LogP contribution in [0.25, 0.3) is 22.6 Å². The average molecular weight is 592 g/mol. The highest BCUT2D eigenvalue weighted by Crippen LogP contribution is 2.32. The zero-order valence-corrected chi connectivity index (χ0v) is 25.1. The quantitative estimate of drug-likeness (QED) is 0.252. The first kappa shape index (κ1) is 30.0. The van der Waals surface area contributed by atoms with Gasteiger partial charge in [0.1, 0.15) is 11.5 Å². The van der Waals surface area contributed by atoms with Gasteiger partial charge < -0.3 is 19.7 Å². The van der Waals surface area contributed by atoms with E-state index in [1.165, 1.54) is 0 Å². The number of nitrogens with zero attached hydrogens (tertiary/aromatic N) is 4. The number of rotatable bonds is 11. The lowest BCUT2D eigenvalue weighted by Crippen LogP contribution is -2.54. The van der Waals surface area contributed by atoms with Crippen LogP contribution >= 0.6 is 11.6 Å². The van der Waals surface area contributed by atoms with Crippen LogP contribution in [0.5, 0.6) is 0 Å². The van der Waals surface area contributed by atoms with E-state index in [1.807, 2.05) is 49.4 Å². The Labute approximate surface area is 251 Å². The van der Waals surface area contributed by atoms with Gasteiger partial charge in [0.05, 0.1) is 17.8 Å². The number of aromatic nitrogens is 2. The van der Waals surface area contributed by atoms with Gasteiger partial charge in [-0.25, -0.2) is 4.98 Å². The summed E-state index contributed by atoms with van der Waals surface area (Å²) in [6.07, 6.45) is 5.17. The first-order valence-corrected chi connectivity index (χ1v) is 14.6. The van der Waals surface area contributed by atoms with E-state index in [-0.39, 0.29) is 6.42 Å². The number of aliphatic hydroxyl groups excluding tert-OH is 1. The Morgan fingerprint density at radius 1 is 1.05 bits per heavy atom. The monoisotopic (exact) mass is 591 g/mol. The number of halogens is 1. The lowest BCUT2D eigenvalue weighted by molar-refractivity contribution is -0.123. The Kier molecular flexibility index (Phi) is 9.13. The summed E-state index contributed by atoms with van der Waals surface area (Å²) in [4.78, 5) is 25.6. The molecule has 3 aromatic heterocycles. The van der Waals surface area contributed by atoms with Crippen molar-refractivity contribution in [3.05, 3.63) is 83.3 Å². The van der Waals surface area contributed by atoms with Gasteiger partial charge in [-0.05, 0) is 75.2 Å². The maximum Gasteiger partial charge on any atom is 0.221 e. The minimum absolute atomic E-state index is 0.271. The molecule has 10 heteroatoms. The highest BCUT2D eigenvalue weighted by molar-refractivity contribution is 6.30. The fourth-order valence-corrected chi connectivity index (χ4v) is 5.65. The van der Waals surface area contributed by atoms with Crippen molar-refractivity contribution < 1.29 is 18.7 Å². The summed E-state index contributed by atoms with van der Waals surface area (Å²) in [5.74, 6) is 1.74. The molecule has 1 fully saturated rings. The summed E-state index contributed by atoms with van der Waals surface area (Å²) in [7, 11) is 0. The molecule has 0 saturated carbocycles. The van der Waals surface area contributed by atoms with Crippen molar-refractivity contribution in [2.75, 3.05) is 32.7 Å². The van der Waals surface area contributed by atoms with E-state index < -0.39 is 23.5 Å². The number of carbonyl (C=O) groups excluding carboxylic acids is 1. The molecule has 1 amide bonds. The van der Waals surface area contributed by atoms with E-state index in [1.54, 1.807) is 18.6 Å². The van der Waals surface area contributed by atoms with E-state index >= 15 is 0 Å². The normalized spacial score (nSPS) is 16.4. The van der Waals surface area contributed by atoms with Gasteiger partial charge in [-0.3, -0.25) is 19.6 Å². The molecule has 1 saturated heterocycles. The maximum absolute atomic E-state index is 12.3. The van der Waals surface area contributed by atoms with Gasteiger partial charge in [0, 0.05) is 73.6 Å². The second-order valence-corrected chi connectivity index (χ2v) is 12.0. The molecule has 0 radical (unpaired) electrons. The van der Waals surface area contributed by atoms with Gasteiger partial charge >= 0.3 is 0 Å². The molecule has 4 heterocycles. The molecule has 0 aliphatic carbocycles. The van der Waals surface area contributed by atoms with Crippen molar-refractivity contribution in [2.24, 2.45) is 11.7 Å². The Balaban J connectivity index is 1.13. The molecule has 1 aliphatic heterocycles. The molecule has 222 valence electrons. The number of aryl methyl sites for hydroxylation is 1. The van der Waals surface area contributed by atoms with Crippen LogP contribution in [0, 0.1) is 12.8 Å². The number of aliphatic hydroxyl groups is 1. The molecule has 0 unspecified atom stereocenters. The minimum atomic E-state index is -0.689. The highest BCUT2D eigenvalue weighted by Gasteiger charge is 2.36. The number of amides is 1. The van der Waals surface area contributed by atoms with Crippen molar-refractivity contribution in [3.8, 4) is 22.6 Å². The van der Waals surface area contributed by atoms with Gasteiger partial charge in [-0.1, -0.05) is 11.6 Å². The molecule has 0 bridgehead atoms. The third-order valence-electron chi connectivity index (χ3n) is 8.16. The van der Waals surface area contributed by atoms with Crippen LogP contribution < -0.4 is 5.73 Å². The zero-order chi connectivity index (χ0) is 29.9. The standard InChI is InChI=1S/C32H38ClN5O4/c1-21-10-11-35-18-27(21)28-9-8-26(41-28)17-23(30(34)40)16-25(39)20-37-12-14-38(15-13-37)32(2,3)31-36-19-29(42-31)22-4-6-24(33)7-5-22/h4-11,18-19,23,25,39H,12-17,20H2,1-3H3,(H2,34,40)/t23-,25-/m0/s1. The van der Waals surface area contributed by atoms with Crippen LogP contribution in [0.15, 0.2) is 69.9 Å². The van der Waals surface area contributed by atoms with Gasteiger partial charge in [-0.15, -0.1) is 0 Å². The number of carbonyl (C=O) groups is 1. The van der Waals surface area contributed by atoms with Crippen LogP contribution in [0.3, 0.4) is 0 Å². The van der Waals surface area contributed by atoms with E-state index in [0.29, 0.717) is 41.2 Å². The Hall–Kier alpha value is -3.50. The van der Waals surface area contributed by atoms with Gasteiger partial charge in [0.2, 0.25) is 11.8 Å². The topological polar surface area (TPSA) is 122 Å². The first-order chi connectivity index (χ1) is 20.1. The summed E-state index contributed by atoms with van der Waals surface area (Å²) < 4.78 is 12.2. The summed E-state index contributed by atoms with van der Waals surface area (Å²) in [5.41, 5.74) is 8.22. The van der Waals surface area contributed by atoms with Crippen molar-refractivity contribution in [2.45, 2.75) is 45.3 Å². The molecule has 1 aliphatic rings. The molecule has 1 aromatic carbocycles. The number of pyridine rings is 1. The second-order valence-electron chi connectivity index (χ2n) is 11.5. The zero-order valence-electron chi connectivity index (χ0n) is 24.3. The molecule has 4 aromatic rings. The smallest absolute Gasteiger partial charge is 0.221 e. The summed E-state index contributed by atoms with van der Waals surface area (Å²) in [5, 5.41) is 11.6. The number of β-amino-alcohol motifs (C(OH)–C–C–N with tert-alkyl or cyclic N) is 1. The van der Waals surface area contributed by atoms with E-state index in [4.69, 9.17) is 26.2 Å². The van der Waals surface area contributed by atoms with E-state index in [0.717, 1.165) is 42.9 Å². The number of oxazole rings is 1. The molecule has 9 nitrogen and oxygen atoms in total. The maximum atomic E-state index is 12.3. The largest absolute Gasteiger partial charge is 0.461 e. The summed E-state index contributed by atoms with van der Waals surface area (Å²) in [6.45, 7) is 9.83. The molecular weight excluding hydrogens is 554 g/mol. The second kappa shape index (κ2) is 12.8. The van der Waals surface area contributed by atoms with Gasteiger partial charge in [0.15, 0.2) is 5.76 Å². The van der Waals surface area contributed by atoms with Crippen LogP contribution in [-0.4, -0.2) is 69.6 Å². The minimum Gasteiger partial charge on any atom is -0.461 e. The lowest BCUT2D eigenvalue weighted by atomic mass is 9.95. The SMILES string of the molecule is Cc1ccncc1-c1ccc(C[C@H](C[C@H](O)CN2CCN(C(C)(C)c3ncc(-c4ccc(Cl)cc4)o3)CC2)C(N)=O)o1. The number of primary amides is 1. The lowest BCUT2D eigenvalue weighted by Gasteiger charge is -2.42. The number of benzene rings is 1. The highest BCUT2D eigenvalue weighted by atomic mass is 35.5. The number of nitrogens with two attached hydrogens (primary N) is 1. The van der Waals surface area contributed by atoms with Crippen molar-refractivity contribution in [1.82, 2.24) is 19.8 Å². The predicted octanol–water partition coefficient (Wildman–Crippen LogP) is 4.91. The first-order valence-electron chi connectivity index (χ1n) is 14.3. The number of furan rings is 1.